The summed E-state index contributed by atoms with van der Waals surface area (Å²) in [6, 6.07) is 0.0356. The summed E-state index contributed by atoms with van der Waals surface area (Å²) in [5.41, 5.74) is 1.16. The number of hydrogen-bond donors (Lipinski definition) is 1. The van der Waals surface area contributed by atoms with Crippen molar-refractivity contribution in [3.63, 3.8) is 0 Å². The van der Waals surface area contributed by atoms with Gasteiger partial charge in [0.15, 0.2) is 0 Å². The number of rotatable bonds is 6. The Balaban J connectivity index is 3.00. The summed E-state index contributed by atoms with van der Waals surface area (Å²) in [7, 11) is 5.13. The second-order valence-electron chi connectivity index (χ2n) is 3.91. The molecular weight excluding hydrogens is 224 g/mol. The minimum Gasteiger partial charge on any atom is -0.383 e. The van der Waals surface area contributed by atoms with E-state index in [9.17, 15) is 10.1 Å². The molecule has 0 bridgehead atoms. The van der Waals surface area contributed by atoms with Crippen LogP contribution < -0.4 is 5.32 Å². The third-order valence-electron chi connectivity index (χ3n) is 2.71. The smallest absolute Gasteiger partial charge is 0.313 e. The highest BCUT2D eigenvalue weighted by atomic mass is 16.6. The number of ether oxygens (including phenoxy) is 1. The molecule has 0 aromatic carbocycles. The highest BCUT2D eigenvalue weighted by molar-refractivity contribution is 5.40. The van der Waals surface area contributed by atoms with Gasteiger partial charge in [-0.3, -0.25) is 14.8 Å². The average molecular weight is 242 g/mol. The van der Waals surface area contributed by atoms with Crippen molar-refractivity contribution in [2.75, 3.05) is 20.8 Å². The molecule has 1 unspecified atom stereocenters. The van der Waals surface area contributed by atoms with Crippen LogP contribution in [0.1, 0.15) is 11.4 Å². The molecule has 0 saturated heterocycles. The van der Waals surface area contributed by atoms with Gasteiger partial charge < -0.3 is 10.1 Å². The zero-order valence-corrected chi connectivity index (χ0v) is 10.6. The second-order valence-corrected chi connectivity index (χ2v) is 3.91. The molecule has 1 aromatic rings. The lowest BCUT2D eigenvalue weighted by molar-refractivity contribution is -0.386. The fourth-order valence-electron chi connectivity index (χ4n) is 1.84. The zero-order valence-electron chi connectivity index (χ0n) is 10.6. The Kier molecular flexibility index (Phi) is 4.59. The number of methoxy groups -OCH3 is 1. The molecule has 7 nitrogen and oxygen atoms in total. The number of nitro groups is 1. The minimum atomic E-state index is -0.378. The van der Waals surface area contributed by atoms with E-state index in [1.54, 1.807) is 32.8 Å². The lowest BCUT2D eigenvalue weighted by Gasteiger charge is -2.14. The maximum atomic E-state index is 11.0. The Morgan fingerprint density at radius 1 is 1.65 bits per heavy atom. The van der Waals surface area contributed by atoms with Gasteiger partial charge in [-0.2, -0.15) is 5.10 Å². The summed E-state index contributed by atoms with van der Waals surface area (Å²) in [5, 5.41) is 18.1. The van der Waals surface area contributed by atoms with Crippen LogP contribution in [-0.4, -0.2) is 41.5 Å². The zero-order chi connectivity index (χ0) is 13.0. The van der Waals surface area contributed by atoms with Gasteiger partial charge in [-0.05, 0) is 14.0 Å². The average Bonchev–Trinajstić information content (AvgIpc) is 2.53. The van der Waals surface area contributed by atoms with Crippen molar-refractivity contribution in [2.24, 2.45) is 7.05 Å². The summed E-state index contributed by atoms with van der Waals surface area (Å²) in [5.74, 6) is 0. The molecule has 1 heterocycles. The third kappa shape index (κ3) is 3.01. The lowest BCUT2D eigenvalue weighted by atomic mass is 10.1. The molecule has 1 N–H and O–H groups in total. The van der Waals surface area contributed by atoms with E-state index in [4.69, 9.17) is 4.74 Å². The molecule has 17 heavy (non-hydrogen) atoms. The molecule has 96 valence electrons. The van der Waals surface area contributed by atoms with E-state index in [0.29, 0.717) is 24.4 Å². The van der Waals surface area contributed by atoms with Crippen LogP contribution in [-0.2, 0) is 18.2 Å². The maximum absolute atomic E-state index is 11.0. The fraction of sp³-hybridized carbons (Fsp3) is 0.700. The lowest BCUT2D eigenvalue weighted by Crippen LogP contribution is -2.33. The van der Waals surface area contributed by atoms with Crippen molar-refractivity contribution in [2.45, 2.75) is 19.4 Å². The molecule has 0 amide bonds. The van der Waals surface area contributed by atoms with Gasteiger partial charge in [0.05, 0.1) is 11.5 Å². The Morgan fingerprint density at radius 3 is 2.76 bits per heavy atom. The summed E-state index contributed by atoms with van der Waals surface area (Å²) >= 11 is 0. The van der Waals surface area contributed by atoms with E-state index in [2.05, 4.69) is 10.4 Å². The maximum Gasteiger partial charge on any atom is 0.313 e. The van der Waals surface area contributed by atoms with E-state index in [-0.39, 0.29) is 16.7 Å². The Labute approximate surface area is 99.9 Å². The van der Waals surface area contributed by atoms with Crippen LogP contribution in [0.3, 0.4) is 0 Å². The van der Waals surface area contributed by atoms with E-state index >= 15 is 0 Å². The molecule has 0 saturated carbocycles. The van der Waals surface area contributed by atoms with Gasteiger partial charge in [0, 0.05) is 26.6 Å². The first kappa shape index (κ1) is 13.6. The number of nitrogens with one attached hydrogen (secondary N) is 1. The van der Waals surface area contributed by atoms with Crippen LogP contribution in [0.15, 0.2) is 0 Å². The Morgan fingerprint density at radius 2 is 2.29 bits per heavy atom. The standard InChI is InChI=1S/C10H18N4O3/c1-7-10(14(15)16)9(13(3)12-7)5-8(11-2)6-17-4/h8,11H,5-6H2,1-4H3. The van der Waals surface area contributed by atoms with Crippen LogP contribution in [0.25, 0.3) is 0 Å². The molecule has 7 heteroatoms. The van der Waals surface area contributed by atoms with Gasteiger partial charge in [0.25, 0.3) is 0 Å². The van der Waals surface area contributed by atoms with Crippen molar-refractivity contribution in [1.29, 1.82) is 0 Å². The van der Waals surface area contributed by atoms with Crippen molar-refractivity contribution < 1.29 is 9.66 Å². The summed E-state index contributed by atoms with van der Waals surface area (Å²) in [6.45, 7) is 2.14. The van der Waals surface area contributed by atoms with Crippen molar-refractivity contribution in [3.8, 4) is 0 Å². The first-order chi connectivity index (χ1) is 8.01. The van der Waals surface area contributed by atoms with Gasteiger partial charge in [-0.25, -0.2) is 0 Å². The number of aryl methyl sites for hydroxylation is 2. The highest BCUT2D eigenvalue weighted by Crippen LogP contribution is 2.23. The van der Waals surface area contributed by atoms with Gasteiger partial charge in [0.1, 0.15) is 11.4 Å². The van der Waals surface area contributed by atoms with Gasteiger partial charge in [-0.1, -0.05) is 0 Å². The largest absolute Gasteiger partial charge is 0.383 e. The molecule has 1 aromatic heterocycles. The van der Waals surface area contributed by atoms with Gasteiger partial charge >= 0.3 is 5.69 Å². The molecule has 0 spiro atoms. The number of aromatic nitrogens is 2. The molecule has 0 aliphatic carbocycles. The summed E-state index contributed by atoms with van der Waals surface area (Å²) in [6.07, 6.45) is 0.512. The van der Waals surface area contributed by atoms with Crippen molar-refractivity contribution in [1.82, 2.24) is 15.1 Å². The van der Waals surface area contributed by atoms with E-state index in [1.165, 1.54) is 0 Å². The molecular formula is C10H18N4O3. The van der Waals surface area contributed by atoms with Crippen molar-refractivity contribution >= 4 is 5.69 Å². The van der Waals surface area contributed by atoms with E-state index < -0.39 is 0 Å². The molecule has 0 aliphatic heterocycles. The Bertz CT molecular complexity index is 403. The minimum absolute atomic E-state index is 0.0356. The van der Waals surface area contributed by atoms with Crippen molar-refractivity contribution in [3.05, 3.63) is 21.5 Å². The summed E-state index contributed by atoms with van der Waals surface area (Å²) in [4.78, 5) is 10.6. The third-order valence-corrected chi connectivity index (χ3v) is 2.71. The summed E-state index contributed by atoms with van der Waals surface area (Å²) < 4.78 is 6.62. The van der Waals surface area contributed by atoms with Crippen LogP contribution in [0.2, 0.25) is 0 Å². The number of hydrogen-bond acceptors (Lipinski definition) is 5. The fourth-order valence-corrected chi connectivity index (χ4v) is 1.84. The molecule has 1 atom stereocenters. The predicted octanol–water partition coefficient (Wildman–Crippen LogP) is 0.414. The predicted molar refractivity (Wildman–Crippen MR) is 63.0 cm³/mol. The quantitative estimate of drug-likeness (QED) is 0.577. The highest BCUT2D eigenvalue weighted by Gasteiger charge is 2.25. The van der Waals surface area contributed by atoms with Gasteiger partial charge in [0.2, 0.25) is 0 Å². The second kappa shape index (κ2) is 5.74. The topological polar surface area (TPSA) is 82.2 Å². The van der Waals surface area contributed by atoms with Crippen LogP contribution in [0, 0.1) is 17.0 Å². The SMILES string of the molecule is CNC(COC)Cc1c([N+](=O)[O-])c(C)nn1C. The molecule has 0 aliphatic rings. The molecule has 1 rings (SSSR count). The first-order valence-corrected chi connectivity index (χ1v) is 5.34. The molecule has 0 fully saturated rings. The van der Waals surface area contributed by atoms with Crippen LogP contribution in [0.4, 0.5) is 5.69 Å². The van der Waals surface area contributed by atoms with Crippen LogP contribution >= 0.6 is 0 Å². The van der Waals surface area contributed by atoms with E-state index in [0.717, 1.165) is 0 Å². The number of likely N-dealkylation sites (N-methyl/N-ethyl adjacent to an activating group) is 1. The van der Waals surface area contributed by atoms with Gasteiger partial charge in [-0.15, -0.1) is 0 Å². The monoisotopic (exact) mass is 242 g/mol. The van der Waals surface area contributed by atoms with E-state index in [1.807, 2.05) is 0 Å². The van der Waals surface area contributed by atoms with Crippen LogP contribution in [0.5, 0.6) is 0 Å². The molecule has 0 radical (unpaired) electrons. The number of nitrogens with zero attached hydrogens (tertiary/aromatic N) is 3. The first-order valence-electron chi connectivity index (χ1n) is 5.34. The Hall–Kier alpha value is -1.47. The normalized spacial score (nSPS) is 12.7.